The molecule has 0 saturated carbocycles. The van der Waals surface area contributed by atoms with E-state index in [1.165, 1.54) is 0 Å². The first kappa shape index (κ1) is 11.4. The number of ether oxygens (including phenoxy) is 1. The summed E-state index contributed by atoms with van der Waals surface area (Å²) in [5.41, 5.74) is 1.04. The van der Waals surface area contributed by atoms with Gasteiger partial charge in [-0.15, -0.1) is 0 Å². The van der Waals surface area contributed by atoms with Crippen LogP contribution in [0.1, 0.15) is 5.56 Å². The first-order valence-corrected chi connectivity index (χ1v) is 5.49. The molecule has 0 bridgehead atoms. The van der Waals surface area contributed by atoms with Gasteiger partial charge in [-0.05, 0) is 29.8 Å². The maximum Gasteiger partial charge on any atom is 0.127 e. The van der Waals surface area contributed by atoms with Gasteiger partial charge in [0.05, 0.1) is 6.61 Å². The summed E-state index contributed by atoms with van der Waals surface area (Å²) in [6.07, 6.45) is 3.57. The fourth-order valence-electron chi connectivity index (χ4n) is 1.46. The maximum atomic E-state index is 8.67. The van der Waals surface area contributed by atoms with Crippen LogP contribution in [0.4, 0.5) is 0 Å². The van der Waals surface area contributed by atoms with E-state index in [1.54, 1.807) is 6.08 Å². The molecule has 0 unspecified atom stereocenters. The van der Waals surface area contributed by atoms with Crippen molar-refractivity contribution in [3.63, 3.8) is 0 Å². The van der Waals surface area contributed by atoms with E-state index in [4.69, 9.17) is 9.84 Å². The highest BCUT2D eigenvalue weighted by Gasteiger charge is 1.95. The van der Waals surface area contributed by atoms with Gasteiger partial charge in [-0.25, -0.2) is 0 Å². The van der Waals surface area contributed by atoms with Crippen molar-refractivity contribution in [2.24, 2.45) is 0 Å². The third-order valence-corrected chi connectivity index (χ3v) is 2.27. The lowest BCUT2D eigenvalue weighted by atomic mass is 10.2. The smallest absolute Gasteiger partial charge is 0.127 e. The molecule has 0 aliphatic carbocycles. The summed E-state index contributed by atoms with van der Waals surface area (Å²) in [7, 11) is 0. The molecule has 2 nitrogen and oxygen atoms in total. The lowest BCUT2D eigenvalue weighted by Gasteiger charge is -2.05. The Morgan fingerprint density at radius 2 is 1.53 bits per heavy atom. The van der Waals surface area contributed by atoms with Gasteiger partial charge >= 0.3 is 0 Å². The highest BCUT2D eigenvalue weighted by atomic mass is 16.5. The number of para-hydroxylation sites is 1. The summed E-state index contributed by atoms with van der Waals surface area (Å²) in [5, 5.41) is 8.67. The predicted octanol–water partition coefficient (Wildman–Crippen LogP) is 3.48. The van der Waals surface area contributed by atoms with Crippen molar-refractivity contribution < 1.29 is 9.84 Å². The van der Waals surface area contributed by atoms with Crippen LogP contribution in [0.25, 0.3) is 6.08 Å². The largest absolute Gasteiger partial charge is 0.457 e. The molecule has 0 fully saturated rings. The third-order valence-electron chi connectivity index (χ3n) is 2.27. The second-order valence-electron chi connectivity index (χ2n) is 3.57. The van der Waals surface area contributed by atoms with Crippen LogP contribution in [-0.4, -0.2) is 11.7 Å². The van der Waals surface area contributed by atoms with Crippen molar-refractivity contribution in [2.75, 3.05) is 6.61 Å². The van der Waals surface area contributed by atoms with Gasteiger partial charge in [0.25, 0.3) is 0 Å². The second-order valence-corrected chi connectivity index (χ2v) is 3.57. The van der Waals surface area contributed by atoms with Crippen molar-refractivity contribution in [3.8, 4) is 11.5 Å². The maximum absolute atomic E-state index is 8.67. The quantitative estimate of drug-likeness (QED) is 0.864. The van der Waals surface area contributed by atoms with Crippen LogP contribution >= 0.6 is 0 Å². The van der Waals surface area contributed by atoms with Gasteiger partial charge in [0, 0.05) is 0 Å². The molecule has 17 heavy (non-hydrogen) atoms. The van der Waals surface area contributed by atoms with Crippen LogP contribution in [0.5, 0.6) is 11.5 Å². The van der Waals surface area contributed by atoms with Gasteiger partial charge in [0.2, 0.25) is 0 Å². The van der Waals surface area contributed by atoms with E-state index >= 15 is 0 Å². The summed E-state index contributed by atoms with van der Waals surface area (Å²) in [6, 6.07) is 17.4. The average molecular weight is 226 g/mol. The lowest BCUT2D eigenvalue weighted by molar-refractivity contribution is 0.343. The highest BCUT2D eigenvalue weighted by Crippen LogP contribution is 2.21. The molecule has 2 heteroatoms. The Morgan fingerprint density at radius 1 is 0.882 bits per heavy atom. The van der Waals surface area contributed by atoms with Gasteiger partial charge in [0.1, 0.15) is 11.5 Å². The fraction of sp³-hybridized carbons (Fsp3) is 0.0667. The summed E-state index contributed by atoms with van der Waals surface area (Å²) < 4.78 is 5.66. The van der Waals surface area contributed by atoms with E-state index < -0.39 is 0 Å². The van der Waals surface area contributed by atoms with E-state index in [9.17, 15) is 0 Å². The zero-order valence-corrected chi connectivity index (χ0v) is 9.41. The van der Waals surface area contributed by atoms with Crippen LogP contribution in [0.15, 0.2) is 60.7 Å². The van der Waals surface area contributed by atoms with E-state index in [0.717, 1.165) is 17.1 Å². The van der Waals surface area contributed by atoms with Crippen molar-refractivity contribution >= 4 is 6.08 Å². The van der Waals surface area contributed by atoms with E-state index in [2.05, 4.69) is 0 Å². The summed E-state index contributed by atoms with van der Waals surface area (Å²) in [5.74, 6) is 1.63. The number of hydrogen-bond donors (Lipinski definition) is 1. The molecule has 0 aliphatic heterocycles. The number of aliphatic hydroxyl groups excluding tert-OH is 1. The number of benzene rings is 2. The lowest BCUT2D eigenvalue weighted by Crippen LogP contribution is -1.83. The molecule has 86 valence electrons. The minimum Gasteiger partial charge on any atom is -0.457 e. The predicted molar refractivity (Wildman–Crippen MR) is 69.1 cm³/mol. The van der Waals surface area contributed by atoms with Gasteiger partial charge in [-0.3, -0.25) is 0 Å². The van der Waals surface area contributed by atoms with Crippen molar-refractivity contribution in [1.82, 2.24) is 0 Å². The summed E-state index contributed by atoms with van der Waals surface area (Å²) in [6.45, 7) is 0.0578. The monoisotopic (exact) mass is 226 g/mol. The third kappa shape index (κ3) is 3.47. The Bertz CT molecular complexity index is 472. The Morgan fingerprint density at radius 3 is 2.18 bits per heavy atom. The first-order chi connectivity index (χ1) is 8.38. The van der Waals surface area contributed by atoms with Crippen LogP contribution < -0.4 is 4.74 Å². The van der Waals surface area contributed by atoms with Gasteiger partial charge in [0.15, 0.2) is 0 Å². The molecular formula is C15H14O2. The van der Waals surface area contributed by atoms with Crippen molar-refractivity contribution in [1.29, 1.82) is 0 Å². The SMILES string of the molecule is OC/C=C/c1ccc(Oc2ccccc2)cc1. The molecule has 0 aromatic heterocycles. The molecule has 2 aromatic rings. The minimum atomic E-state index is 0.0578. The topological polar surface area (TPSA) is 29.5 Å². The van der Waals surface area contributed by atoms with E-state index in [0.29, 0.717) is 0 Å². The Labute approximate surface area is 101 Å². The van der Waals surface area contributed by atoms with E-state index in [1.807, 2.05) is 60.7 Å². The van der Waals surface area contributed by atoms with Crippen molar-refractivity contribution in [3.05, 3.63) is 66.2 Å². The Hall–Kier alpha value is -2.06. The molecule has 1 N–H and O–H groups in total. The van der Waals surface area contributed by atoms with Gasteiger partial charge in [-0.1, -0.05) is 42.5 Å². The molecule has 0 aliphatic rings. The minimum absolute atomic E-state index is 0.0578. The standard InChI is InChI=1S/C15H14O2/c16-12-4-5-13-8-10-15(11-9-13)17-14-6-2-1-3-7-14/h1-11,16H,12H2/b5-4+. The normalized spacial score (nSPS) is 10.6. The molecule has 0 heterocycles. The van der Waals surface area contributed by atoms with Gasteiger partial charge < -0.3 is 9.84 Å². The molecule has 0 saturated heterocycles. The molecule has 2 aromatic carbocycles. The van der Waals surface area contributed by atoms with Crippen LogP contribution in [0, 0.1) is 0 Å². The number of aliphatic hydroxyl groups is 1. The number of hydrogen-bond acceptors (Lipinski definition) is 2. The zero-order valence-electron chi connectivity index (χ0n) is 9.41. The van der Waals surface area contributed by atoms with E-state index in [-0.39, 0.29) is 6.61 Å². The fourth-order valence-corrected chi connectivity index (χ4v) is 1.46. The first-order valence-electron chi connectivity index (χ1n) is 5.49. The summed E-state index contributed by atoms with van der Waals surface area (Å²) in [4.78, 5) is 0. The average Bonchev–Trinajstić information content (AvgIpc) is 2.39. The molecular weight excluding hydrogens is 212 g/mol. The zero-order chi connectivity index (χ0) is 11.9. The summed E-state index contributed by atoms with van der Waals surface area (Å²) >= 11 is 0. The second kappa shape index (κ2) is 5.87. The van der Waals surface area contributed by atoms with Crippen LogP contribution in [0.3, 0.4) is 0 Å². The van der Waals surface area contributed by atoms with Crippen LogP contribution in [0.2, 0.25) is 0 Å². The Balaban J connectivity index is 2.06. The van der Waals surface area contributed by atoms with Gasteiger partial charge in [-0.2, -0.15) is 0 Å². The van der Waals surface area contributed by atoms with Crippen LogP contribution in [-0.2, 0) is 0 Å². The molecule has 0 amide bonds. The molecule has 0 radical (unpaired) electrons. The molecule has 0 atom stereocenters. The molecule has 2 rings (SSSR count). The van der Waals surface area contributed by atoms with Crippen molar-refractivity contribution in [2.45, 2.75) is 0 Å². The molecule has 0 spiro atoms. The number of rotatable bonds is 4. The Kier molecular flexibility index (Phi) is 3.95. The highest BCUT2D eigenvalue weighted by molar-refractivity contribution is 5.50.